The maximum atomic E-state index is 13.4. The largest absolute Gasteiger partial charge is 0.362 e. The first-order chi connectivity index (χ1) is 10.7. The summed E-state index contributed by atoms with van der Waals surface area (Å²) in [5.41, 5.74) is 1.31. The molecule has 0 amide bonds. The molecule has 2 N–H and O–H groups in total. The van der Waals surface area contributed by atoms with Crippen molar-refractivity contribution in [3.05, 3.63) is 71.3 Å². The molecule has 0 spiro atoms. The van der Waals surface area contributed by atoms with Crippen LogP contribution in [-0.4, -0.2) is 18.2 Å². The second kappa shape index (κ2) is 8.44. The number of halogens is 2. The van der Waals surface area contributed by atoms with Crippen LogP contribution in [0, 0.1) is 11.6 Å². The minimum Gasteiger partial charge on any atom is -0.362 e. The van der Waals surface area contributed by atoms with E-state index in [1.54, 1.807) is 24.3 Å². The highest BCUT2D eigenvalue weighted by molar-refractivity contribution is 7.80. The Morgan fingerprint density at radius 3 is 1.59 bits per heavy atom. The number of hydrogen-bond acceptors (Lipinski definition) is 1. The fourth-order valence-corrected chi connectivity index (χ4v) is 2.29. The molecule has 2 nitrogen and oxygen atoms in total. The van der Waals surface area contributed by atoms with Gasteiger partial charge in [-0.15, -0.1) is 0 Å². The number of benzene rings is 2. The van der Waals surface area contributed by atoms with Crippen LogP contribution in [0.1, 0.15) is 11.1 Å². The third-order valence-electron chi connectivity index (χ3n) is 3.28. The predicted molar refractivity (Wildman–Crippen MR) is 88.8 cm³/mol. The highest BCUT2D eigenvalue weighted by atomic mass is 32.1. The minimum absolute atomic E-state index is 0.206. The number of hydrogen-bond donors (Lipinski definition) is 2. The number of rotatable bonds is 6. The topological polar surface area (TPSA) is 24.1 Å². The molecule has 5 heteroatoms. The Balaban J connectivity index is 1.66. The van der Waals surface area contributed by atoms with Crippen LogP contribution in [0.15, 0.2) is 48.5 Å². The van der Waals surface area contributed by atoms with Crippen LogP contribution in [0.4, 0.5) is 8.78 Å². The molecule has 116 valence electrons. The van der Waals surface area contributed by atoms with E-state index in [0.29, 0.717) is 42.2 Å². The molecule has 0 saturated heterocycles. The third-order valence-corrected chi connectivity index (χ3v) is 3.56. The van der Waals surface area contributed by atoms with Crippen LogP contribution in [-0.2, 0) is 12.8 Å². The van der Waals surface area contributed by atoms with Crippen LogP contribution in [0.2, 0.25) is 0 Å². The molecule has 0 aliphatic rings. The maximum absolute atomic E-state index is 13.4. The van der Waals surface area contributed by atoms with Gasteiger partial charge in [0.25, 0.3) is 0 Å². The third kappa shape index (κ3) is 5.07. The average Bonchev–Trinajstić information content (AvgIpc) is 2.51. The molecule has 0 bridgehead atoms. The molecule has 0 heterocycles. The summed E-state index contributed by atoms with van der Waals surface area (Å²) in [7, 11) is 0. The molecular formula is C17H18F2N2S. The van der Waals surface area contributed by atoms with Gasteiger partial charge >= 0.3 is 0 Å². The average molecular weight is 320 g/mol. The van der Waals surface area contributed by atoms with Gasteiger partial charge in [0.05, 0.1) is 0 Å². The van der Waals surface area contributed by atoms with Gasteiger partial charge in [0.1, 0.15) is 11.6 Å². The minimum atomic E-state index is -0.206. The summed E-state index contributed by atoms with van der Waals surface area (Å²) in [4.78, 5) is 0. The van der Waals surface area contributed by atoms with Crippen molar-refractivity contribution in [1.82, 2.24) is 10.6 Å². The molecule has 2 aromatic carbocycles. The first-order valence-electron chi connectivity index (χ1n) is 7.15. The summed E-state index contributed by atoms with van der Waals surface area (Å²) >= 11 is 5.14. The van der Waals surface area contributed by atoms with Crippen LogP contribution in [0.5, 0.6) is 0 Å². The highest BCUT2D eigenvalue weighted by Gasteiger charge is 2.02. The van der Waals surface area contributed by atoms with Gasteiger partial charge in [-0.3, -0.25) is 0 Å². The molecule has 0 fully saturated rings. The zero-order valence-corrected chi connectivity index (χ0v) is 12.9. The van der Waals surface area contributed by atoms with E-state index in [1.165, 1.54) is 12.1 Å². The Morgan fingerprint density at radius 2 is 1.18 bits per heavy atom. The van der Waals surface area contributed by atoms with Crippen molar-refractivity contribution < 1.29 is 8.78 Å². The Hall–Kier alpha value is -2.01. The van der Waals surface area contributed by atoms with E-state index in [0.717, 1.165) is 0 Å². The summed E-state index contributed by atoms with van der Waals surface area (Å²) in [6.07, 6.45) is 1.11. The van der Waals surface area contributed by atoms with Crippen molar-refractivity contribution in [2.24, 2.45) is 0 Å². The van der Waals surface area contributed by atoms with Gasteiger partial charge in [-0.1, -0.05) is 36.4 Å². The fourth-order valence-electron chi connectivity index (χ4n) is 2.09. The maximum Gasteiger partial charge on any atom is 0.166 e. The molecule has 0 saturated carbocycles. The van der Waals surface area contributed by atoms with E-state index < -0.39 is 0 Å². The molecular weight excluding hydrogens is 302 g/mol. The zero-order chi connectivity index (χ0) is 15.8. The van der Waals surface area contributed by atoms with Gasteiger partial charge in [-0.25, -0.2) is 8.78 Å². The van der Waals surface area contributed by atoms with E-state index in [2.05, 4.69) is 10.6 Å². The van der Waals surface area contributed by atoms with Crippen LogP contribution in [0.25, 0.3) is 0 Å². The summed E-state index contributed by atoms with van der Waals surface area (Å²) < 4.78 is 26.9. The lowest BCUT2D eigenvalue weighted by molar-refractivity contribution is 0.605. The molecule has 0 aliphatic carbocycles. The quantitative estimate of drug-likeness (QED) is 0.799. The van der Waals surface area contributed by atoms with Gasteiger partial charge in [0.15, 0.2) is 5.11 Å². The van der Waals surface area contributed by atoms with Crippen molar-refractivity contribution in [2.75, 3.05) is 13.1 Å². The molecule has 0 radical (unpaired) electrons. The normalized spacial score (nSPS) is 10.3. The van der Waals surface area contributed by atoms with Crippen molar-refractivity contribution in [1.29, 1.82) is 0 Å². The van der Waals surface area contributed by atoms with E-state index in [9.17, 15) is 8.78 Å². The lowest BCUT2D eigenvalue weighted by atomic mass is 10.1. The summed E-state index contributed by atoms with van der Waals surface area (Å²) in [5.74, 6) is -0.412. The van der Waals surface area contributed by atoms with Gasteiger partial charge in [-0.05, 0) is 48.3 Å². The van der Waals surface area contributed by atoms with Crippen molar-refractivity contribution in [2.45, 2.75) is 12.8 Å². The van der Waals surface area contributed by atoms with E-state index in [1.807, 2.05) is 12.1 Å². The first kappa shape index (κ1) is 16.4. The van der Waals surface area contributed by atoms with E-state index in [4.69, 9.17) is 12.2 Å². The van der Waals surface area contributed by atoms with Crippen LogP contribution in [0.3, 0.4) is 0 Å². The van der Waals surface area contributed by atoms with Crippen molar-refractivity contribution in [3.63, 3.8) is 0 Å². The second-order valence-corrected chi connectivity index (χ2v) is 5.27. The summed E-state index contributed by atoms with van der Waals surface area (Å²) in [6, 6.07) is 13.4. The van der Waals surface area contributed by atoms with Crippen LogP contribution >= 0.6 is 12.2 Å². The standard InChI is InChI=1S/C17H18F2N2S/c18-15-7-3-1-5-13(15)9-11-20-17(22)21-12-10-14-6-2-4-8-16(14)19/h1-8H,9-12H2,(H2,20,21,22). The molecule has 0 atom stereocenters. The van der Waals surface area contributed by atoms with Gasteiger partial charge in [0.2, 0.25) is 0 Å². The van der Waals surface area contributed by atoms with E-state index in [-0.39, 0.29) is 11.6 Å². The highest BCUT2D eigenvalue weighted by Crippen LogP contribution is 2.07. The van der Waals surface area contributed by atoms with Crippen molar-refractivity contribution in [3.8, 4) is 0 Å². The summed E-state index contributed by atoms with van der Waals surface area (Å²) in [6.45, 7) is 1.10. The molecule has 2 aromatic rings. The molecule has 0 aromatic heterocycles. The predicted octanol–water partition coefficient (Wildman–Crippen LogP) is 3.21. The lowest BCUT2D eigenvalue weighted by Crippen LogP contribution is -2.37. The first-order valence-corrected chi connectivity index (χ1v) is 7.56. The van der Waals surface area contributed by atoms with Crippen LogP contribution < -0.4 is 10.6 Å². The lowest BCUT2D eigenvalue weighted by Gasteiger charge is -2.11. The molecule has 0 unspecified atom stereocenters. The Bertz CT molecular complexity index is 578. The fraction of sp³-hybridized carbons (Fsp3) is 0.235. The van der Waals surface area contributed by atoms with Gasteiger partial charge in [-0.2, -0.15) is 0 Å². The smallest absolute Gasteiger partial charge is 0.166 e. The molecule has 2 rings (SSSR count). The van der Waals surface area contributed by atoms with Crippen molar-refractivity contribution >= 4 is 17.3 Å². The monoisotopic (exact) mass is 320 g/mol. The Morgan fingerprint density at radius 1 is 0.773 bits per heavy atom. The number of nitrogens with one attached hydrogen (secondary N) is 2. The SMILES string of the molecule is Fc1ccccc1CCNC(=S)NCCc1ccccc1F. The zero-order valence-electron chi connectivity index (χ0n) is 12.1. The number of thiocarbonyl (C=S) groups is 1. The second-order valence-electron chi connectivity index (χ2n) is 4.87. The Kier molecular flexibility index (Phi) is 6.27. The summed E-state index contributed by atoms with van der Waals surface area (Å²) in [5, 5.41) is 6.53. The van der Waals surface area contributed by atoms with E-state index >= 15 is 0 Å². The van der Waals surface area contributed by atoms with Gasteiger partial charge in [0, 0.05) is 13.1 Å². The molecule has 22 heavy (non-hydrogen) atoms. The Labute approximate surface area is 134 Å². The molecule has 0 aliphatic heterocycles. The van der Waals surface area contributed by atoms with Gasteiger partial charge < -0.3 is 10.6 Å².